The van der Waals surface area contributed by atoms with E-state index < -0.39 is 23.2 Å². The first-order valence-corrected chi connectivity index (χ1v) is 7.09. The molecule has 19 heavy (non-hydrogen) atoms. The molecule has 0 spiro atoms. The molecular weight excluding hydrogens is 272 g/mol. The maximum Gasteiger partial charge on any atom is 0.251 e. The van der Waals surface area contributed by atoms with E-state index in [0.29, 0.717) is 12.5 Å². The molecule has 1 unspecified atom stereocenters. The van der Waals surface area contributed by atoms with E-state index in [2.05, 4.69) is 5.32 Å². The van der Waals surface area contributed by atoms with Crippen LogP contribution in [-0.2, 0) is 0 Å². The molecule has 104 valence electrons. The highest BCUT2D eigenvalue weighted by Gasteiger charge is 2.18. The summed E-state index contributed by atoms with van der Waals surface area (Å²) in [6.07, 6.45) is 1.06. The van der Waals surface area contributed by atoms with Crippen molar-refractivity contribution >= 4 is 23.4 Å². The van der Waals surface area contributed by atoms with Crippen LogP contribution in [0.15, 0.2) is 12.1 Å². The van der Waals surface area contributed by atoms with Gasteiger partial charge in [0.25, 0.3) is 5.91 Å². The van der Waals surface area contributed by atoms with E-state index in [1.807, 2.05) is 17.2 Å². The van der Waals surface area contributed by atoms with Gasteiger partial charge in [0.2, 0.25) is 0 Å². The Balaban J connectivity index is 2.02. The Hall–Kier alpha value is -1.34. The lowest BCUT2D eigenvalue weighted by Crippen LogP contribution is -2.29. The number of hydrogen-bond donors (Lipinski definition) is 3. The molecule has 1 aromatic rings. The van der Waals surface area contributed by atoms with Crippen LogP contribution in [0.3, 0.4) is 0 Å². The Morgan fingerprint density at radius 3 is 2.63 bits per heavy atom. The zero-order valence-electron chi connectivity index (χ0n) is 10.2. The number of halogens is 2. The summed E-state index contributed by atoms with van der Waals surface area (Å²) in [5.74, 6) is 5.29. The second-order valence-corrected chi connectivity index (χ2v) is 5.55. The van der Waals surface area contributed by atoms with Gasteiger partial charge in [-0.25, -0.2) is 8.78 Å². The van der Waals surface area contributed by atoms with Crippen LogP contribution in [0.5, 0.6) is 0 Å². The van der Waals surface area contributed by atoms with Crippen molar-refractivity contribution < 1.29 is 13.6 Å². The molecule has 1 fully saturated rings. The summed E-state index contributed by atoms with van der Waals surface area (Å²) in [6, 6.07) is 1.94. The molecule has 4 nitrogen and oxygen atoms in total. The number of anilines is 1. The lowest BCUT2D eigenvalue weighted by Gasteiger charge is -2.11. The van der Waals surface area contributed by atoms with E-state index in [0.717, 1.165) is 30.1 Å². The Bertz CT molecular complexity index is 455. The first kappa shape index (κ1) is 14.1. The summed E-state index contributed by atoms with van der Waals surface area (Å²) in [6.45, 7) is 0.534. The smallest absolute Gasteiger partial charge is 0.251 e. The number of benzene rings is 1. The molecule has 7 heteroatoms. The highest BCUT2D eigenvalue weighted by molar-refractivity contribution is 7.99. The molecule has 0 aliphatic carbocycles. The molecule has 0 bridgehead atoms. The molecule has 0 saturated carbocycles. The number of nitrogen functional groups attached to an aromatic ring is 1. The summed E-state index contributed by atoms with van der Waals surface area (Å²) in [4.78, 5) is 11.8. The zero-order valence-corrected chi connectivity index (χ0v) is 11.0. The van der Waals surface area contributed by atoms with Crippen molar-refractivity contribution in [2.75, 3.05) is 23.5 Å². The molecule has 1 aliphatic rings. The Labute approximate surface area is 114 Å². The Kier molecular flexibility index (Phi) is 4.60. The minimum atomic E-state index is -0.885. The molecule has 1 amide bonds. The average Bonchev–Trinajstić information content (AvgIpc) is 2.88. The zero-order chi connectivity index (χ0) is 13.8. The van der Waals surface area contributed by atoms with Crippen LogP contribution >= 0.6 is 11.8 Å². The summed E-state index contributed by atoms with van der Waals surface area (Å²) in [5, 5.41) is 2.70. The molecule has 0 aromatic heterocycles. The van der Waals surface area contributed by atoms with Crippen molar-refractivity contribution in [1.29, 1.82) is 0 Å². The topological polar surface area (TPSA) is 67.1 Å². The molecule has 1 saturated heterocycles. The molecule has 4 N–H and O–H groups in total. The van der Waals surface area contributed by atoms with Gasteiger partial charge in [0.1, 0.15) is 5.69 Å². The molecule has 1 aromatic carbocycles. The fraction of sp³-hybridized carbons (Fsp3) is 0.417. The largest absolute Gasteiger partial charge is 0.352 e. The van der Waals surface area contributed by atoms with Crippen LogP contribution < -0.4 is 16.6 Å². The van der Waals surface area contributed by atoms with Crippen molar-refractivity contribution in [2.24, 2.45) is 11.8 Å². The van der Waals surface area contributed by atoms with E-state index in [1.54, 1.807) is 0 Å². The number of hydrogen-bond acceptors (Lipinski definition) is 4. The maximum absolute atomic E-state index is 13.4. The first-order chi connectivity index (χ1) is 9.11. The molecule has 1 heterocycles. The number of amides is 1. The summed E-state index contributed by atoms with van der Waals surface area (Å²) < 4.78 is 26.9. The molecule has 1 aliphatic heterocycles. The van der Waals surface area contributed by atoms with Gasteiger partial charge in [-0.2, -0.15) is 11.8 Å². The lowest BCUT2D eigenvalue weighted by atomic mass is 10.1. The van der Waals surface area contributed by atoms with E-state index >= 15 is 0 Å². The van der Waals surface area contributed by atoms with Gasteiger partial charge in [0.15, 0.2) is 11.6 Å². The minimum absolute atomic E-state index is 0.0420. The van der Waals surface area contributed by atoms with Gasteiger partial charge >= 0.3 is 0 Å². The van der Waals surface area contributed by atoms with Crippen LogP contribution in [-0.4, -0.2) is 24.0 Å². The summed E-state index contributed by atoms with van der Waals surface area (Å²) in [5.41, 5.74) is 1.44. The quantitative estimate of drug-likeness (QED) is 0.583. The Morgan fingerprint density at radius 2 is 2.11 bits per heavy atom. The van der Waals surface area contributed by atoms with Crippen molar-refractivity contribution in [3.8, 4) is 0 Å². The van der Waals surface area contributed by atoms with Gasteiger partial charge in [-0.15, -0.1) is 0 Å². The van der Waals surface area contributed by atoms with Gasteiger partial charge in [-0.05, 0) is 36.0 Å². The van der Waals surface area contributed by atoms with Crippen LogP contribution in [0.2, 0.25) is 0 Å². The van der Waals surface area contributed by atoms with Crippen molar-refractivity contribution in [2.45, 2.75) is 6.42 Å². The highest BCUT2D eigenvalue weighted by atomic mass is 32.2. The average molecular weight is 287 g/mol. The molecule has 2 rings (SSSR count). The van der Waals surface area contributed by atoms with E-state index in [9.17, 15) is 13.6 Å². The summed E-state index contributed by atoms with van der Waals surface area (Å²) >= 11 is 1.85. The SMILES string of the molecule is NNc1c(F)cc(C(=O)NCC2CCSC2)cc1F. The molecular formula is C12H15F2N3OS. The van der Waals surface area contributed by atoms with Crippen molar-refractivity contribution in [1.82, 2.24) is 5.32 Å². The van der Waals surface area contributed by atoms with Crippen LogP contribution in [0.1, 0.15) is 16.8 Å². The van der Waals surface area contributed by atoms with Crippen LogP contribution in [0.25, 0.3) is 0 Å². The fourth-order valence-electron chi connectivity index (χ4n) is 1.93. The number of thioether (sulfide) groups is 1. The van der Waals surface area contributed by atoms with Crippen molar-refractivity contribution in [3.05, 3.63) is 29.3 Å². The number of nitrogens with two attached hydrogens (primary N) is 1. The van der Waals surface area contributed by atoms with Crippen LogP contribution in [0.4, 0.5) is 14.5 Å². The van der Waals surface area contributed by atoms with E-state index in [4.69, 9.17) is 5.84 Å². The standard InChI is InChI=1S/C12H15F2N3OS/c13-9-3-8(4-10(14)11(9)17-15)12(18)16-5-7-1-2-19-6-7/h3-4,7,17H,1-2,5-6,15H2,(H,16,18). The van der Waals surface area contributed by atoms with Gasteiger partial charge in [0, 0.05) is 12.1 Å². The fourth-order valence-corrected chi connectivity index (χ4v) is 3.21. The number of nitrogens with one attached hydrogen (secondary N) is 2. The second kappa shape index (κ2) is 6.21. The van der Waals surface area contributed by atoms with Gasteiger partial charge in [-0.3, -0.25) is 10.6 Å². The minimum Gasteiger partial charge on any atom is -0.352 e. The molecule has 0 radical (unpaired) electrons. The number of hydrazine groups is 1. The second-order valence-electron chi connectivity index (χ2n) is 4.40. The van der Waals surface area contributed by atoms with E-state index in [-0.39, 0.29) is 5.56 Å². The monoisotopic (exact) mass is 287 g/mol. The third-order valence-corrected chi connectivity index (χ3v) is 4.26. The maximum atomic E-state index is 13.4. The lowest BCUT2D eigenvalue weighted by molar-refractivity contribution is 0.0947. The Morgan fingerprint density at radius 1 is 1.42 bits per heavy atom. The normalized spacial score (nSPS) is 18.4. The predicted molar refractivity (Wildman–Crippen MR) is 71.9 cm³/mol. The van der Waals surface area contributed by atoms with E-state index in [1.165, 1.54) is 0 Å². The third kappa shape index (κ3) is 3.36. The third-order valence-electron chi connectivity index (χ3n) is 3.02. The number of rotatable bonds is 4. The number of carbonyl (C=O) groups excluding carboxylic acids is 1. The first-order valence-electron chi connectivity index (χ1n) is 5.93. The predicted octanol–water partition coefficient (Wildman–Crippen LogP) is 1.73. The van der Waals surface area contributed by atoms with Crippen LogP contribution in [0, 0.1) is 17.6 Å². The van der Waals surface area contributed by atoms with Crippen molar-refractivity contribution in [3.63, 3.8) is 0 Å². The van der Waals surface area contributed by atoms with Gasteiger partial charge < -0.3 is 10.7 Å². The summed E-state index contributed by atoms with van der Waals surface area (Å²) in [7, 11) is 0. The highest BCUT2D eigenvalue weighted by Crippen LogP contribution is 2.23. The van der Waals surface area contributed by atoms with Gasteiger partial charge in [-0.1, -0.05) is 0 Å². The number of carbonyl (C=O) groups is 1. The van der Waals surface area contributed by atoms with Gasteiger partial charge in [0.05, 0.1) is 0 Å². The molecule has 1 atom stereocenters.